The number of benzene rings is 1. The summed E-state index contributed by atoms with van der Waals surface area (Å²) < 4.78 is 12.3. The zero-order valence-electron chi connectivity index (χ0n) is 11.6. The maximum Gasteiger partial charge on any atom is 0.148 e. The summed E-state index contributed by atoms with van der Waals surface area (Å²) in [5.41, 5.74) is 3.39. The number of ether oxygens (including phenoxy) is 2. The van der Waals surface area contributed by atoms with Gasteiger partial charge >= 0.3 is 0 Å². The van der Waals surface area contributed by atoms with E-state index in [1.165, 1.54) is 0 Å². The molecule has 1 aromatic carbocycles. The summed E-state index contributed by atoms with van der Waals surface area (Å²) in [7, 11) is 3.22. The van der Waals surface area contributed by atoms with Crippen molar-refractivity contribution in [1.82, 2.24) is 9.78 Å². The van der Waals surface area contributed by atoms with Gasteiger partial charge in [0, 0.05) is 17.3 Å². The Bertz CT molecular complexity index is 591. The number of aliphatic hydroxyl groups excluding tert-OH is 1. The van der Waals surface area contributed by atoms with Gasteiger partial charge in [0.2, 0.25) is 0 Å². The second-order valence-corrected chi connectivity index (χ2v) is 4.26. The van der Waals surface area contributed by atoms with E-state index in [1.807, 2.05) is 32.0 Å². The van der Waals surface area contributed by atoms with Crippen LogP contribution in [0.1, 0.15) is 17.0 Å². The highest BCUT2D eigenvalue weighted by molar-refractivity contribution is 5.52. The second kappa shape index (κ2) is 5.32. The van der Waals surface area contributed by atoms with Gasteiger partial charge in [0.25, 0.3) is 0 Å². The van der Waals surface area contributed by atoms with Crippen molar-refractivity contribution in [2.75, 3.05) is 14.2 Å². The van der Waals surface area contributed by atoms with Gasteiger partial charge in [-0.05, 0) is 26.0 Å². The summed E-state index contributed by atoms with van der Waals surface area (Å²) in [6, 6.07) is 5.55. The quantitative estimate of drug-likeness (QED) is 0.915. The number of nitrogens with zero attached hydrogens (tertiary/aromatic N) is 2. The van der Waals surface area contributed by atoms with Gasteiger partial charge < -0.3 is 14.6 Å². The molecular formula is C14H18N2O3. The molecule has 2 aromatic rings. The van der Waals surface area contributed by atoms with Crippen molar-refractivity contribution in [3.8, 4) is 17.2 Å². The fourth-order valence-electron chi connectivity index (χ4n) is 2.10. The Labute approximate surface area is 112 Å². The first-order chi connectivity index (χ1) is 9.12. The van der Waals surface area contributed by atoms with Gasteiger partial charge in [0.05, 0.1) is 26.5 Å². The Balaban J connectivity index is 2.58. The lowest BCUT2D eigenvalue weighted by atomic mass is 10.2. The summed E-state index contributed by atoms with van der Waals surface area (Å²) in [4.78, 5) is 0. The third kappa shape index (κ3) is 2.29. The Hall–Kier alpha value is -2.01. The molecule has 2 rings (SSSR count). The van der Waals surface area contributed by atoms with E-state index < -0.39 is 0 Å². The molecular weight excluding hydrogens is 244 g/mol. The van der Waals surface area contributed by atoms with E-state index in [1.54, 1.807) is 18.9 Å². The molecule has 0 saturated heterocycles. The maximum absolute atomic E-state index is 9.36. The molecule has 1 heterocycles. The van der Waals surface area contributed by atoms with Crippen molar-refractivity contribution >= 4 is 0 Å². The van der Waals surface area contributed by atoms with E-state index in [0.717, 1.165) is 28.4 Å². The highest BCUT2D eigenvalue weighted by atomic mass is 16.5. The van der Waals surface area contributed by atoms with E-state index in [9.17, 15) is 5.11 Å². The zero-order chi connectivity index (χ0) is 14.0. The van der Waals surface area contributed by atoms with Crippen molar-refractivity contribution in [3.05, 3.63) is 35.2 Å². The lowest BCUT2D eigenvalue weighted by molar-refractivity contribution is 0.280. The number of aryl methyl sites for hydroxylation is 1. The number of aliphatic hydroxyl groups is 1. The molecule has 1 aromatic heterocycles. The summed E-state index contributed by atoms with van der Waals surface area (Å²) in [5, 5.41) is 13.8. The minimum absolute atomic E-state index is 0.0177. The lowest BCUT2D eigenvalue weighted by Gasteiger charge is -2.11. The second-order valence-electron chi connectivity index (χ2n) is 4.26. The van der Waals surface area contributed by atoms with Crippen molar-refractivity contribution < 1.29 is 14.6 Å². The van der Waals surface area contributed by atoms with Gasteiger partial charge in [-0.1, -0.05) is 0 Å². The third-order valence-corrected chi connectivity index (χ3v) is 3.21. The topological polar surface area (TPSA) is 56.5 Å². The van der Waals surface area contributed by atoms with Gasteiger partial charge in [0.15, 0.2) is 0 Å². The Morgan fingerprint density at radius 1 is 1.21 bits per heavy atom. The highest BCUT2D eigenvalue weighted by Crippen LogP contribution is 2.29. The zero-order valence-corrected chi connectivity index (χ0v) is 11.6. The third-order valence-electron chi connectivity index (χ3n) is 3.21. The predicted molar refractivity (Wildman–Crippen MR) is 72.1 cm³/mol. The molecule has 102 valence electrons. The van der Waals surface area contributed by atoms with Gasteiger partial charge in [-0.3, -0.25) is 0 Å². The van der Waals surface area contributed by atoms with Crippen molar-refractivity contribution in [2.45, 2.75) is 20.5 Å². The highest BCUT2D eigenvalue weighted by Gasteiger charge is 2.15. The molecule has 0 aliphatic heterocycles. The Morgan fingerprint density at radius 3 is 2.47 bits per heavy atom. The fourth-order valence-corrected chi connectivity index (χ4v) is 2.10. The van der Waals surface area contributed by atoms with E-state index in [4.69, 9.17) is 9.47 Å². The average Bonchev–Trinajstić information content (AvgIpc) is 2.72. The van der Waals surface area contributed by atoms with Crippen molar-refractivity contribution in [1.29, 1.82) is 0 Å². The van der Waals surface area contributed by atoms with E-state index >= 15 is 0 Å². The van der Waals surface area contributed by atoms with Crippen LogP contribution in [0.4, 0.5) is 0 Å². The standard InChI is InChI=1S/C14H18N2O3/c1-9-12(8-17)10(2)16(15-9)13-6-5-11(18-3)7-14(13)19-4/h5-7,17H,8H2,1-4H3. The van der Waals surface area contributed by atoms with Crippen LogP contribution < -0.4 is 9.47 Å². The molecule has 5 nitrogen and oxygen atoms in total. The molecule has 0 aliphatic carbocycles. The molecule has 19 heavy (non-hydrogen) atoms. The van der Waals surface area contributed by atoms with Crippen molar-refractivity contribution in [2.24, 2.45) is 0 Å². The van der Waals surface area contributed by atoms with Gasteiger partial charge in [-0.25, -0.2) is 4.68 Å². The van der Waals surface area contributed by atoms with Gasteiger partial charge in [-0.15, -0.1) is 0 Å². The predicted octanol–water partition coefficient (Wildman–Crippen LogP) is 2.00. The van der Waals surface area contributed by atoms with Gasteiger partial charge in [0.1, 0.15) is 17.2 Å². The number of methoxy groups -OCH3 is 2. The summed E-state index contributed by atoms with van der Waals surface area (Å²) in [6.45, 7) is 3.79. The smallest absolute Gasteiger partial charge is 0.148 e. The van der Waals surface area contributed by atoms with Crippen LogP contribution in [0.3, 0.4) is 0 Å². The first-order valence-electron chi connectivity index (χ1n) is 6.00. The number of hydrogen-bond donors (Lipinski definition) is 1. The van der Waals surface area contributed by atoms with Crippen molar-refractivity contribution in [3.63, 3.8) is 0 Å². The summed E-state index contributed by atoms with van der Waals surface area (Å²) in [6.07, 6.45) is 0. The number of hydrogen-bond acceptors (Lipinski definition) is 4. The minimum atomic E-state index is -0.0177. The Morgan fingerprint density at radius 2 is 1.95 bits per heavy atom. The molecule has 5 heteroatoms. The van der Waals surface area contributed by atoms with Crippen LogP contribution in [0.5, 0.6) is 11.5 Å². The molecule has 0 saturated carbocycles. The minimum Gasteiger partial charge on any atom is -0.497 e. The molecule has 0 spiro atoms. The monoisotopic (exact) mass is 262 g/mol. The van der Waals surface area contributed by atoms with Gasteiger partial charge in [-0.2, -0.15) is 5.10 Å². The average molecular weight is 262 g/mol. The van der Waals surface area contributed by atoms with E-state index in [-0.39, 0.29) is 6.61 Å². The van der Waals surface area contributed by atoms with Crippen LogP contribution in [0.15, 0.2) is 18.2 Å². The SMILES string of the molecule is COc1ccc(-n2nc(C)c(CO)c2C)c(OC)c1. The van der Waals surface area contributed by atoms with E-state index in [0.29, 0.717) is 5.75 Å². The summed E-state index contributed by atoms with van der Waals surface area (Å²) in [5.74, 6) is 1.40. The normalized spacial score (nSPS) is 10.6. The molecule has 0 aliphatic rings. The van der Waals surface area contributed by atoms with E-state index in [2.05, 4.69) is 5.10 Å². The number of rotatable bonds is 4. The Kier molecular flexibility index (Phi) is 3.76. The maximum atomic E-state index is 9.36. The first kappa shape index (κ1) is 13.4. The largest absolute Gasteiger partial charge is 0.497 e. The summed E-state index contributed by atoms with van der Waals surface area (Å²) >= 11 is 0. The lowest BCUT2D eigenvalue weighted by Crippen LogP contribution is -2.02. The fraction of sp³-hybridized carbons (Fsp3) is 0.357. The van der Waals surface area contributed by atoms with Crippen LogP contribution in [0, 0.1) is 13.8 Å². The molecule has 0 fully saturated rings. The van der Waals surface area contributed by atoms with Crippen LogP contribution in [0.2, 0.25) is 0 Å². The number of aromatic nitrogens is 2. The first-order valence-corrected chi connectivity index (χ1v) is 6.00. The van der Waals surface area contributed by atoms with Crippen LogP contribution in [0.25, 0.3) is 5.69 Å². The molecule has 1 N–H and O–H groups in total. The van der Waals surface area contributed by atoms with Crippen LogP contribution >= 0.6 is 0 Å². The molecule has 0 bridgehead atoms. The molecule has 0 radical (unpaired) electrons. The van der Waals surface area contributed by atoms with Crippen LogP contribution in [-0.4, -0.2) is 29.1 Å². The molecule has 0 unspecified atom stereocenters. The molecule has 0 amide bonds. The van der Waals surface area contributed by atoms with Crippen LogP contribution in [-0.2, 0) is 6.61 Å². The molecule has 0 atom stereocenters.